The average Bonchev–Trinajstić information content (AvgIpc) is 2.84. The Morgan fingerprint density at radius 1 is 0.917 bits per heavy atom. The molecule has 0 aliphatic carbocycles. The molecule has 3 aromatic rings. The van der Waals surface area contributed by atoms with E-state index in [0.29, 0.717) is 17.0 Å². The quantitative estimate of drug-likeness (QED) is 0.414. The van der Waals surface area contributed by atoms with Crippen molar-refractivity contribution < 1.29 is 26.4 Å². The highest BCUT2D eigenvalue weighted by Crippen LogP contribution is 2.23. The zero-order chi connectivity index (χ0) is 26.5. The van der Waals surface area contributed by atoms with Gasteiger partial charge in [-0.2, -0.15) is 0 Å². The Morgan fingerprint density at radius 3 is 2.14 bits per heavy atom. The van der Waals surface area contributed by atoms with Crippen LogP contribution in [0.15, 0.2) is 82.6 Å². The second-order valence-electron chi connectivity index (χ2n) is 8.33. The lowest BCUT2D eigenvalue weighted by Crippen LogP contribution is -2.26. The van der Waals surface area contributed by atoms with Crippen LogP contribution in [-0.4, -0.2) is 47.8 Å². The molecule has 0 unspecified atom stereocenters. The molecule has 1 atom stereocenters. The number of anilines is 1. The van der Waals surface area contributed by atoms with Crippen LogP contribution < -0.4 is 14.8 Å². The van der Waals surface area contributed by atoms with Crippen molar-refractivity contribution in [3.63, 3.8) is 0 Å². The lowest BCUT2D eigenvalue weighted by atomic mass is 10.1. The SMILES string of the molecule is Cc1ccc(S(=O)(=O)N(C)C)cc1NC(=O)COc1ccc(S(=O)(=O)N[C@H](C)c2ccccc2)cc1. The molecule has 0 bridgehead atoms. The number of benzene rings is 3. The maximum atomic E-state index is 12.7. The summed E-state index contributed by atoms with van der Waals surface area (Å²) >= 11 is 0. The van der Waals surface area contributed by atoms with E-state index in [2.05, 4.69) is 10.0 Å². The summed E-state index contributed by atoms with van der Waals surface area (Å²) < 4.78 is 59.3. The number of carbonyl (C=O) groups is 1. The number of aryl methyl sites for hydroxylation is 1. The lowest BCUT2D eigenvalue weighted by Gasteiger charge is -2.15. The van der Waals surface area contributed by atoms with Gasteiger partial charge in [0.25, 0.3) is 5.91 Å². The van der Waals surface area contributed by atoms with Crippen LogP contribution in [0.1, 0.15) is 24.1 Å². The van der Waals surface area contributed by atoms with Crippen molar-refractivity contribution in [1.29, 1.82) is 0 Å². The summed E-state index contributed by atoms with van der Waals surface area (Å²) in [5, 5.41) is 2.65. The Kier molecular flexibility index (Phi) is 8.51. The van der Waals surface area contributed by atoms with Crippen LogP contribution in [0.5, 0.6) is 5.75 Å². The van der Waals surface area contributed by atoms with Crippen LogP contribution in [0.3, 0.4) is 0 Å². The fraction of sp³-hybridized carbons (Fsp3) is 0.240. The van der Waals surface area contributed by atoms with Crippen molar-refractivity contribution in [2.45, 2.75) is 29.7 Å². The van der Waals surface area contributed by atoms with E-state index in [4.69, 9.17) is 4.74 Å². The minimum Gasteiger partial charge on any atom is -0.484 e. The lowest BCUT2D eigenvalue weighted by molar-refractivity contribution is -0.118. The molecule has 0 aliphatic rings. The zero-order valence-corrected chi connectivity index (χ0v) is 22.1. The minimum atomic E-state index is -3.76. The van der Waals surface area contributed by atoms with E-state index in [1.807, 2.05) is 30.3 Å². The van der Waals surface area contributed by atoms with Crippen LogP contribution in [-0.2, 0) is 24.8 Å². The first kappa shape index (κ1) is 27.3. The molecular weight excluding hydrogens is 502 g/mol. The first-order chi connectivity index (χ1) is 16.9. The third-order valence-electron chi connectivity index (χ3n) is 5.40. The topological polar surface area (TPSA) is 122 Å². The molecule has 3 rings (SSSR count). The van der Waals surface area contributed by atoms with Gasteiger partial charge in [-0.25, -0.2) is 25.9 Å². The van der Waals surface area contributed by atoms with Crippen LogP contribution >= 0.6 is 0 Å². The van der Waals surface area contributed by atoms with Gasteiger partial charge in [0.15, 0.2) is 6.61 Å². The highest BCUT2D eigenvalue weighted by molar-refractivity contribution is 7.89. The first-order valence-electron chi connectivity index (χ1n) is 11.0. The highest BCUT2D eigenvalue weighted by Gasteiger charge is 2.20. The normalized spacial score (nSPS) is 12.8. The summed E-state index contributed by atoms with van der Waals surface area (Å²) in [6.45, 7) is 3.16. The predicted molar refractivity (Wildman–Crippen MR) is 138 cm³/mol. The summed E-state index contributed by atoms with van der Waals surface area (Å²) in [4.78, 5) is 12.5. The molecule has 192 valence electrons. The van der Waals surface area contributed by atoms with Crippen molar-refractivity contribution in [2.75, 3.05) is 26.0 Å². The molecule has 1 amide bonds. The molecule has 11 heteroatoms. The van der Waals surface area contributed by atoms with Crippen molar-refractivity contribution >= 4 is 31.6 Å². The van der Waals surface area contributed by atoms with Crippen LogP contribution in [0, 0.1) is 6.92 Å². The maximum absolute atomic E-state index is 12.7. The molecule has 36 heavy (non-hydrogen) atoms. The molecule has 3 aromatic carbocycles. The van der Waals surface area contributed by atoms with Gasteiger partial charge in [0, 0.05) is 25.8 Å². The summed E-state index contributed by atoms with van der Waals surface area (Å²) in [5.41, 5.74) is 1.88. The Hall–Kier alpha value is -3.25. The van der Waals surface area contributed by atoms with Gasteiger partial charge >= 0.3 is 0 Å². The summed E-state index contributed by atoms with van der Waals surface area (Å²) in [6, 6.07) is 19.0. The molecule has 0 aliphatic heterocycles. The van der Waals surface area contributed by atoms with Crippen molar-refractivity contribution in [3.05, 3.63) is 83.9 Å². The van der Waals surface area contributed by atoms with Gasteiger partial charge in [0.05, 0.1) is 9.79 Å². The number of hydrogen-bond acceptors (Lipinski definition) is 6. The van der Waals surface area contributed by atoms with E-state index in [9.17, 15) is 21.6 Å². The monoisotopic (exact) mass is 531 g/mol. The maximum Gasteiger partial charge on any atom is 0.262 e. The van der Waals surface area contributed by atoms with Gasteiger partial charge in [-0.1, -0.05) is 36.4 Å². The van der Waals surface area contributed by atoms with E-state index in [1.165, 1.54) is 50.5 Å². The zero-order valence-electron chi connectivity index (χ0n) is 20.4. The third kappa shape index (κ3) is 6.70. The summed E-state index contributed by atoms with van der Waals surface area (Å²) in [6.07, 6.45) is 0. The fourth-order valence-corrected chi connectivity index (χ4v) is 5.43. The molecular formula is C25H29N3O6S2. The minimum absolute atomic E-state index is 0.0568. The van der Waals surface area contributed by atoms with E-state index < -0.39 is 32.0 Å². The van der Waals surface area contributed by atoms with Gasteiger partial charge in [-0.3, -0.25) is 4.79 Å². The summed E-state index contributed by atoms with van der Waals surface area (Å²) in [7, 11) is -4.55. The number of carbonyl (C=O) groups excluding carboxylic acids is 1. The van der Waals surface area contributed by atoms with Gasteiger partial charge < -0.3 is 10.1 Å². The number of sulfonamides is 2. The van der Waals surface area contributed by atoms with Gasteiger partial charge in [-0.15, -0.1) is 0 Å². The Balaban J connectivity index is 1.61. The van der Waals surface area contributed by atoms with Crippen molar-refractivity contribution in [2.24, 2.45) is 0 Å². The molecule has 2 N–H and O–H groups in total. The highest BCUT2D eigenvalue weighted by atomic mass is 32.2. The Bertz CT molecular complexity index is 1420. The second kappa shape index (κ2) is 11.2. The molecule has 0 radical (unpaired) electrons. The van der Waals surface area contributed by atoms with E-state index in [1.54, 1.807) is 19.9 Å². The number of nitrogens with zero attached hydrogens (tertiary/aromatic N) is 1. The standard InChI is InChI=1S/C25H29N3O6S2/c1-18-10-13-23(36(32,33)28(3)4)16-24(18)26-25(29)17-34-21-11-14-22(15-12-21)35(30,31)27-19(2)20-8-6-5-7-9-20/h5-16,19,27H,17H2,1-4H3,(H,26,29)/t19-/m1/s1. The second-order valence-corrected chi connectivity index (χ2v) is 12.2. The fourth-order valence-electron chi connectivity index (χ4n) is 3.27. The molecule has 0 saturated heterocycles. The number of ether oxygens (including phenoxy) is 1. The van der Waals surface area contributed by atoms with Crippen molar-refractivity contribution in [3.8, 4) is 5.75 Å². The Morgan fingerprint density at radius 2 is 1.53 bits per heavy atom. The average molecular weight is 532 g/mol. The van der Waals surface area contributed by atoms with E-state index in [-0.39, 0.29) is 16.4 Å². The van der Waals surface area contributed by atoms with Crippen LogP contribution in [0.2, 0.25) is 0 Å². The molecule has 0 heterocycles. The number of rotatable bonds is 10. The Labute approximate surface area is 212 Å². The molecule has 0 aromatic heterocycles. The summed E-state index contributed by atoms with van der Waals surface area (Å²) in [5.74, 6) is -0.187. The third-order valence-corrected chi connectivity index (χ3v) is 8.76. The van der Waals surface area contributed by atoms with Gasteiger partial charge in [0.1, 0.15) is 5.75 Å². The largest absolute Gasteiger partial charge is 0.484 e. The van der Waals surface area contributed by atoms with E-state index in [0.717, 1.165) is 9.87 Å². The van der Waals surface area contributed by atoms with Crippen LogP contribution in [0.4, 0.5) is 5.69 Å². The predicted octanol–water partition coefficient (Wildman–Crippen LogP) is 3.30. The first-order valence-corrected chi connectivity index (χ1v) is 14.0. The van der Waals surface area contributed by atoms with E-state index >= 15 is 0 Å². The molecule has 0 spiro atoms. The molecule has 0 fully saturated rings. The van der Waals surface area contributed by atoms with Crippen molar-refractivity contribution in [1.82, 2.24) is 9.03 Å². The van der Waals surface area contributed by atoms with Crippen LogP contribution in [0.25, 0.3) is 0 Å². The molecule has 9 nitrogen and oxygen atoms in total. The van der Waals surface area contributed by atoms with Gasteiger partial charge in [-0.05, 0) is 61.4 Å². The smallest absolute Gasteiger partial charge is 0.262 e. The van der Waals surface area contributed by atoms with Gasteiger partial charge in [0.2, 0.25) is 20.0 Å². The number of amides is 1. The number of nitrogens with one attached hydrogen (secondary N) is 2. The number of hydrogen-bond donors (Lipinski definition) is 2. The molecule has 0 saturated carbocycles.